The third kappa shape index (κ3) is 3.54. The lowest BCUT2D eigenvalue weighted by Crippen LogP contribution is -2.20. The molecule has 2 nitrogen and oxygen atoms in total. The summed E-state index contributed by atoms with van der Waals surface area (Å²) >= 11 is 0. The molecule has 0 radical (unpaired) electrons. The van der Waals surface area contributed by atoms with Gasteiger partial charge in [0.1, 0.15) is 0 Å². The molecule has 20 heavy (non-hydrogen) atoms. The van der Waals surface area contributed by atoms with Crippen LogP contribution < -0.4 is 0 Å². The van der Waals surface area contributed by atoms with Gasteiger partial charge in [-0.1, -0.05) is 44.4 Å². The summed E-state index contributed by atoms with van der Waals surface area (Å²) in [7, 11) is 0. The van der Waals surface area contributed by atoms with Gasteiger partial charge in [0, 0.05) is 0 Å². The second-order valence-electron chi connectivity index (χ2n) is 6.41. The Balaban J connectivity index is 2.76. The molecule has 0 aromatic carbocycles. The number of terminal acetylenes is 1. The summed E-state index contributed by atoms with van der Waals surface area (Å²) in [5.74, 6) is 2.56. The standard InChI is InChI=1S/C18H26O2/c1-8-10-13(5)15(9-2)20-17(19)16-14(11-12(3)4)18(16,6)7/h2,10-11,14-16H,8H2,1,3-7H3/b13-10+/t14-,15-,16+/m1/s1. The molecule has 1 fully saturated rings. The van der Waals surface area contributed by atoms with Crippen LogP contribution in [0.2, 0.25) is 0 Å². The minimum Gasteiger partial charge on any atom is -0.444 e. The fourth-order valence-electron chi connectivity index (χ4n) is 2.67. The third-order valence-corrected chi connectivity index (χ3v) is 4.00. The zero-order valence-electron chi connectivity index (χ0n) is 13.5. The zero-order valence-corrected chi connectivity index (χ0v) is 13.5. The van der Waals surface area contributed by atoms with Crippen molar-refractivity contribution in [1.29, 1.82) is 0 Å². The number of carbonyl (C=O) groups excluding carboxylic acids is 1. The summed E-state index contributed by atoms with van der Waals surface area (Å²) in [6.45, 7) is 12.2. The molecule has 0 aromatic heterocycles. The summed E-state index contributed by atoms with van der Waals surface area (Å²) in [6, 6.07) is 0. The van der Waals surface area contributed by atoms with Gasteiger partial charge in [0.05, 0.1) is 5.92 Å². The highest BCUT2D eigenvalue weighted by Gasteiger charge is 2.61. The van der Waals surface area contributed by atoms with Crippen molar-refractivity contribution in [2.45, 2.75) is 54.1 Å². The number of esters is 1. The van der Waals surface area contributed by atoms with Crippen LogP contribution in [0.1, 0.15) is 48.0 Å². The molecule has 0 saturated heterocycles. The highest BCUT2D eigenvalue weighted by Crippen LogP contribution is 2.59. The molecule has 110 valence electrons. The molecular weight excluding hydrogens is 248 g/mol. The molecule has 2 heteroatoms. The van der Waals surface area contributed by atoms with Crippen molar-refractivity contribution in [3.8, 4) is 12.3 Å². The molecular formula is C18H26O2. The molecule has 0 bridgehead atoms. The van der Waals surface area contributed by atoms with Crippen LogP contribution >= 0.6 is 0 Å². The van der Waals surface area contributed by atoms with E-state index in [1.165, 1.54) is 5.57 Å². The van der Waals surface area contributed by atoms with E-state index < -0.39 is 6.10 Å². The average molecular weight is 274 g/mol. The third-order valence-electron chi connectivity index (χ3n) is 4.00. The molecule has 0 spiro atoms. The second-order valence-corrected chi connectivity index (χ2v) is 6.41. The molecule has 1 aliphatic rings. The maximum Gasteiger partial charge on any atom is 0.311 e. The first-order valence-corrected chi connectivity index (χ1v) is 7.24. The molecule has 0 amide bonds. The number of hydrogen-bond acceptors (Lipinski definition) is 2. The van der Waals surface area contributed by atoms with Crippen LogP contribution in [0.25, 0.3) is 0 Å². The first-order chi connectivity index (χ1) is 9.25. The molecule has 0 heterocycles. The molecule has 0 unspecified atom stereocenters. The van der Waals surface area contributed by atoms with Crippen molar-refractivity contribution >= 4 is 5.97 Å². The van der Waals surface area contributed by atoms with Gasteiger partial charge in [-0.25, -0.2) is 0 Å². The molecule has 1 aliphatic carbocycles. The van der Waals surface area contributed by atoms with Gasteiger partial charge in [0.15, 0.2) is 6.10 Å². The highest BCUT2D eigenvalue weighted by atomic mass is 16.5. The number of ether oxygens (including phenoxy) is 1. The largest absolute Gasteiger partial charge is 0.444 e. The summed E-state index contributed by atoms with van der Waals surface area (Å²) in [4.78, 5) is 12.3. The van der Waals surface area contributed by atoms with Gasteiger partial charge in [-0.2, -0.15) is 0 Å². The first kappa shape index (κ1) is 16.6. The lowest BCUT2D eigenvalue weighted by atomic mass is 10.1. The van der Waals surface area contributed by atoms with Crippen molar-refractivity contribution in [2.75, 3.05) is 0 Å². The highest BCUT2D eigenvalue weighted by molar-refractivity contribution is 5.79. The minimum absolute atomic E-state index is 0.0319. The van der Waals surface area contributed by atoms with Gasteiger partial charge in [-0.05, 0) is 44.1 Å². The Kier molecular flexibility index (Phi) is 5.22. The van der Waals surface area contributed by atoms with Crippen LogP contribution in [0.5, 0.6) is 0 Å². The number of hydrogen-bond donors (Lipinski definition) is 0. The van der Waals surface area contributed by atoms with E-state index in [1.54, 1.807) is 0 Å². The lowest BCUT2D eigenvalue weighted by molar-refractivity contribution is -0.147. The molecule has 1 rings (SSSR count). The SMILES string of the molecule is C#C[C@@H](OC(=O)[C@@H]1[C@@H](C=C(C)C)C1(C)C)/C(C)=C/CC. The normalized spacial score (nSPS) is 25.4. The number of allylic oxidation sites excluding steroid dienone is 3. The smallest absolute Gasteiger partial charge is 0.311 e. The van der Waals surface area contributed by atoms with Crippen molar-refractivity contribution in [2.24, 2.45) is 17.3 Å². The van der Waals surface area contributed by atoms with E-state index in [9.17, 15) is 4.79 Å². The average Bonchev–Trinajstić information content (AvgIpc) is 2.86. The summed E-state index contributed by atoms with van der Waals surface area (Å²) in [5, 5.41) is 0. The molecule has 3 atom stereocenters. The second kappa shape index (κ2) is 6.31. The molecule has 0 aromatic rings. The quantitative estimate of drug-likeness (QED) is 0.428. The Morgan fingerprint density at radius 2 is 2.00 bits per heavy atom. The number of rotatable bonds is 5. The van der Waals surface area contributed by atoms with Gasteiger partial charge in [-0.3, -0.25) is 4.79 Å². The van der Waals surface area contributed by atoms with Crippen LogP contribution in [0.3, 0.4) is 0 Å². The van der Waals surface area contributed by atoms with E-state index in [4.69, 9.17) is 11.2 Å². The monoisotopic (exact) mass is 274 g/mol. The van der Waals surface area contributed by atoms with E-state index in [1.807, 2.05) is 19.9 Å². The lowest BCUT2D eigenvalue weighted by Gasteiger charge is -2.13. The van der Waals surface area contributed by atoms with E-state index >= 15 is 0 Å². The summed E-state index contributed by atoms with van der Waals surface area (Å²) in [6.07, 6.45) is 9.99. The van der Waals surface area contributed by atoms with E-state index in [0.29, 0.717) is 0 Å². The van der Waals surface area contributed by atoms with Gasteiger partial charge >= 0.3 is 5.97 Å². The predicted octanol–water partition coefficient (Wildman–Crippen LogP) is 4.13. The minimum atomic E-state index is -0.536. The Morgan fingerprint density at radius 1 is 1.40 bits per heavy atom. The van der Waals surface area contributed by atoms with Crippen molar-refractivity contribution in [1.82, 2.24) is 0 Å². The predicted molar refractivity (Wildman–Crippen MR) is 83.0 cm³/mol. The van der Waals surface area contributed by atoms with Crippen LogP contribution in [0, 0.1) is 29.6 Å². The topological polar surface area (TPSA) is 26.3 Å². The van der Waals surface area contributed by atoms with E-state index in [-0.39, 0.29) is 23.2 Å². The van der Waals surface area contributed by atoms with Gasteiger partial charge in [-0.15, -0.1) is 6.42 Å². The Labute approximate surface area is 123 Å². The first-order valence-electron chi connectivity index (χ1n) is 7.24. The maximum atomic E-state index is 12.3. The fraction of sp³-hybridized carbons (Fsp3) is 0.611. The van der Waals surface area contributed by atoms with Crippen molar-refractivity contribution in [3.05, 3.63) is 23.3 Å². The zero-order chi connectivity index (χ0) is 15.5. The number of carbonyl (C=O) groups is 1. The maximum absolute atomic E-state index is 12.3. The van der Waals surface area contributed by atoms with Gasteiger partial charge < -0.3 is 4.74 Å². The fourth-order valence-corrected chi connectivity index (χ4v) is 2.67. The van der Waals surface area contributed by atoms with Gasteiger partial charge in [0.25, 0.3) is 0 Å². The molecule has 0 N–H and O–H groups in total. The van der Waals surface area contributed by atoms with Crippen molar-refractivity contribution in [3.63, 3.8) is 0 Å². The molecule has 0 aliphatic heterocycles. The molecule has 1 saturated carbocycles. The van der Waals surface area contributed by atoms with Crippen LogP contribution in [-0.2, 0) is 9.53 Å². The summed E-state index contributed by atoms with van der Waals surface area (Å²) < 4.78 is 5.51. The Bertz CT molecular complexity index is 470. The Hall–Kier alpha value is -1.49. The summed E-state index contributed by atoms with van der Waals surface area (Å²) in [5.41, 5.74) is 2.13. The van der Waals surface area contributed by atoms with Crippen LogP contribution in [0.15, 0.2) is 23.3 Å². The van der Waals surface area contributed by atoms with Crippen molar-refractivity contribution < 1.29 is 9.53 Å². The van der Waals surface area contributed by atoms with E-state index in [0.717, 1.165) is 12.0 Å². The Morgan fingerprint density at radius 3 is 2.45 bits per heavy atom. The van der Waals surface area contributed by atoms with Crippen LogP contribution in [-0.4, -0.2) is 12.1 Å². The van der Waals surface area contributed by atoms with E-state index in [2.05, 4.69) is 39.7 Å². The van der Waals surface area contributed by atoms with Gasteiger partial charge in [0.2, 0.25) is 0 Å². The van der Waals surface area contributed by atoms with Crippen LogP contribution in [0.4, 0.5) is 0 Å².